The Labute approximate surface area is 140 Å². The molecule has 1 heterocycles. The number of benzene rings is 1. The Morgan fingerprint density at radius 3 is 2.81 bits per heavy atom. The third kappa shape index (κ3) is 4.17. The minimum Gasteiger partial charge on any atom is -0.398 e. The lowest BCUT2D eigenvalue weighted by atomic mass is 10.3. The fourth-order valence-electron chi connectivity index (χ4n) is 1.67. The van der Waals surface area contributed by atoms with Gasteiger partial charge in [-0.2, -0.15) is 0 Å². The SMILES string of the molecule is Cc1csc(CCNS(=O)(=O)c2cc(Cl)cc(N)c2Br)n1. The van der Waals surface area contributed by atoms with Crippen LogP contribution in [0.15, 0.2) is 26.9 Å². The maximum Gasteiger partial charge on any atom is 0.241 e. The predicted octanol–water partition coefficient (Wildman–Crippen LogP) is 2.97. The van der Waals surface area contributed by atoms with Gasteiger partial charge in [-0.05, 0) is 35.0 Å². The normalized spacial score (nSPS) is 11.8. The second-order valence-corrected chi connectivity index (χ2v) is 8.24. The molecule has 1 aromatic carbocycles. The number of nitrogens with one attached hydrogen (secondary N) is 1. The first kappa shape index (κ1) is 16.7. The highest BCUT2D eigenvalue weighted by Gasteiger charge is 2.20. The third-order valence-corrected chi connectivity index (χ3v) is 6.50. The summed E-state index contributed by atoms with van der Waals surface area (Å²) in [5.41, 5.74) is 6.92. The number of nitrogens with zero attached hydrogens (tertiary/aromatic N) is 1. The van der Waals surface area contributed by atoms with E-state index in [1.54, 1.807) is 0 Å². The second-order valence-electron chi connectivity index (χ2n) is 4.34. The summed E-state index contributed by atoms with van der Waals surface area (Å²) < 4.78 is 27.4. The number of thiazole rings is 1. The molecule has 0 bridgehead atoms. The maximum absolute atomic E-state index is 12.3. The van der Waals surface area contributed by atoms with Crippen LogP contribution in [0.3, 0.4) is 0 Å². The standard InChI is InChI=1S/C12H13BrClN3O2S2/c1-7-6-20-11(17-7)2-3-16-21(18,19)10-5-8(14)4-9(15)12(10)13/h4-6,16H,2-3,15H2,1H3. The van der Waals surface area contributed by atoms with Crippen molar-refractivity contribution in [1.29, 1.82) is 0 Å². The molecular weight excluding hydrogens is 398 g/mol. The zero-order chi connectivity index (χ0) is 15.6. The molecule has 0 spiro atoms. The van der Waals surface area contributed by atoms with Gasteiger partial charge in [0.1, 0.15) is 0 Å². The number of anilines is 1. The summed E-state index contributed by atoms with van der Waals surface area (Å²) in [4.78, 5) is 4.31. The molecule has 0 unspecified atom stereocenters. The summed E-state index contributed by atoms with van der Waals surface area (Å²) in [5, 5.41) is 3.09. The van der Waals surface area contributed by atoms with Gasteiger partial charge in [0.2, 0.25) is 10.0 Å². The monoisotopic (exact) mass is 409 g/mol. The lowest BCUT2D eigenvalue weighted by Gasteiger charge is -2.10. The van der Waals surface area contributed by atoms with E-state index in [0.717, 1.165) is 10.7 Å². The van der Waals surface area contributed by atoms with E-state index in [-0.39, 0.29) is 22.2 Å². The second kappa shape index (κ2) is 6.62. The molecule has 0 aliphatic carbocycles. The number of aromatic nitrogens is 1. The number of aryl methyl sites for hydroxylation is 1. The topological polar surface area (TPSA) is 85.1 Å². The van der Waals surface area contributed by atoms with Crippen LogP contribution >= 0.6 is 38.9 Å². The molecule has 0 saturated carbocycles. The van der Waals surface area contributed by atoms with Crippen LogP contribution in [0.4, 0.5) is 5.69 Å². The molecule has 0 saturated heterocycles. The molecule has 21 heavy (non-hydrogen) atoms. The van der Waals surface area contributed by atoms with Crippen molar-refractivity contribution in [3.8, 4) is 0 Å². The summed E-state index contributed by atoms with van der Waals surface area (Å²) in [7, 11) is -3.68. The molecule has 0 aliphatic rings. The highest BCUT2D eigenvalue weighted by molar-refractivity contribution is 9.10. The number of halogens is 2. The van der Waals surface area contributed by atoms with E-state index in [9.17, 15) is 8.42 Å². The number of hydrogen-bond donors (Lipinski definition) is 2. The number of sulfonamides is 1. The highest BCUT2D eigenvalue weighted by atomic mass is 79.9. The Morgan fingerprint density at radius 1 is 1.48 bits per heavy atom. The zero-order valence-corrected chi connectivity index (χ0v) is 15.0. The van der Waals surface area contributed by atoms with E-state index in [0.29, 0.717) is 10.9 Å². The minimum absolute atomic E-state index is 0.0304. The van der Waals surface area contributed by atoms with Crippen LogP contribution in [0, 0.1) is 6.92 Å². The van der Waals surface area contributed by atoms with Gasteiger partial charge in [-0.25, -0.2) is 18.1 Å². The quantitative estimate of drug-likeness (QED) is 0.742. The van der Waals surface area contributed by atoms with Crippen molar-refractivity contribution in [2.24, 2.45) is 0 Å². The average molecular weight is 411 g/mol. The number of nitrogen functional groups attached to an aromatic ring is 1. The largest absolute Gasteiger partial charge is 0.398 e. The molecule has 0 radical (unpaired) electrons. The first-order valence-corrected chi connectivity index (χ1v) is 9.48. The van der Waals surface area contributed by atoms with E-state index in [1.165, 1.54) is 23.5 Å². The van der Waals surface area contributed by atoms with Gasteiger partial charge >= 0.3 is 0 Å². The summed E-state index contributed by atoms with van der Waals surface area (Å²) in [6.45, 7) is 2.16. The summed E-state index contributed by atoms with van der Waals surface area (Å²) in [6.07, 6.45) is 0.533. The first-order chi connectivity index (χ1) is 9.79. The van der Waals surface area contributed by atoms with Gasteiger partial charge in [-0.3, -0.25) is 0 Å². The molecule has 114 valence electrons. The zero-order valence-electron chi connectivity index (χ0n) is 11.1. The third-order valence-electron chi connectivity index (χ3n) is 2.62. The Balaban J connectivity index is 2.12. The van der Waals surface area contributed by atoms with Gasteiger partial charge in [-0.1, -0.05) is 11.6 Å². The van der Waals surface area contributed by atoms with Crippen molar-refractivity contribution in [2.45, 2.75) is 18.2 Å². The van der Waals surface area contributed by atoms with Crippen LogP contribution < -0.4 is 10.5 Å². The Bertz CT molecular complexity index is 762. The van der Waals surface area contributed by atoms with Crippen LogP contribution in [0.25, 0.3) is 0 Å². The smallest absolute Gasteiger partial charge is 0.241 e. The molecule has 0 amide bonds. The van der Waals surface area contributed by atoms with Crippen molar-refractivity contribution in [3.05, 3.63) is 37.7 Å². The Morgan fingerprint density at radius 2 is 2.19 bits per heavy atom. The maximum atomic E-state index is 12.3. The van der Waals surface area contributed by atoms with Gasteiger partial charge in [0.25, 0.3) is 0 Å². The summed E-state index contributed by atoms with van der Waals surface area (Å²) in [6, 6.07) is 2.85. The molecule has 1 aromatic heterocycles. The lowest BCUT2D eigenvalue weighted by Crippen LogP contribution is -2.26. The van der Waals surface area contributed by atoms with Crippen LogP contribution in [-0.2, 0) is 16.4 Å². The number of nitrogens with two attached hydrogens (primary N) is 1. The van der Waals surface area contributed by atoms with Crippen LogP contribution in [0.1, 0.15) is 10.7 Å². The van der Waals surface area contributed by atoms with Crippen molar-refractivity contribution in [1.82, 2.24) is 9.71 Å². The minimum atomic E-state index is -3.68. The molecule has 2 aromatic rings. The van der Waals surface area contributed by atoms with Crippen molar-refractivity contribution in [3.63, 3.8) is 0 Å². The van der Waals surface area contributed by atoms with Crippen LogP contribution in [0.2, 0.25) is 5.02 Å². The Hall–Kier alpha value is -0.670. The average Bonchev–Trinajstić information content (AvgIpc) is 2.79. The highest BCUT2D eigenvalue weighted by Crippen LogP contribution is 2.31. The van der Waals surface area contributed by atoms with E-state index < -0.39 is 10.0 Å². The fourth-order valence-corrected chi connectivity index (χ4v) is 4.77. The Kier molecular flexibility index (Phi) is 5.26. The lowest BCUT2D eigenvalue weighted by molar-refractivity contribution is 0.581. The van der Waals surface area contributed by atoms with E-state index in [2.05, 4.69) is 25.6 Å². The van der Waals surface area contributed by atoms with Crippen molar-refractivity contribution >= 4 is 54.6 Å². The molecule has 3 N–H and O–H groups in total. The summed E-state index contributed by atoms with van der Waals surface area (Å²) >= 11 is 10.5. The fraction of sp³-hybridized carbons (Fsp3) is 0.250. The number of rotatable bonds is 5. The molecule has 0 aliphatic heterocycles. The molecule has 0 atom stereocenters. The summed E-state index contributed by atoms with van der Waals surface area (Å²) in [5.74, 6) is 0. The first-order valence-electron chi connectivity index (χ1n) is 5.95. The van der Waals surface area contributed by atoms with E-state index >= 15 is 0 Å². The van der Waals surface area contributed by atoms with Crippen molar-refractivity contribution < 1.29 is 8.42 Å². The van der Waals surface area contributed by atoms with Gasteiger partial charge in [0.05, 0.1) is 14.4 Å². The number of hydrogen-bond acceptors (Lipinski definition) is 5. The molecular formula is C12H13BrClN3O2S2. The van der Waals surface area contributed by atoms with Crippen LogP contribution in [-0.4, -0.2) is 19.9 Å². The van der Waals surface area contributed by atoms with E-state index in [4.69, 9.17) is 17.3 Å². The molecule has 9 heteroatoms. The molecule has 0 fully saturated rings. The molecule has 5 nitrogen and oxygen atoms in total. The predicted molar refractivity (Wildman–Crippen MR) is 89.3 cm³/mol. The van der Waals surface area contributed by atoms with Gasteiger partial charge in [-0.15, -0.1) is 11.3 Å². The van der Waals surface area contributed by atoms with E-state index in [1.807, 2.05) is 12.3 Å². The van der Waals surface area contributed by atoms with Gasteiger partial charge < -0.3 is 5.73 Å². The molecule has 2 rings (SSSR count). The van der Waals surface area contributed by atoms with Gasteiger partial charge in [0.15, 0.2) is 0 Å². The van der Waals surface area contributed by atoms with Gasteiger partial charge in [0, 0.05) is 34.7 Å². The van der Waals surface area contributed by atoms with Crippen molar-refractivity contribution in [2.75, 3.05) is 12.3 Å². The van der Waals surface area contributed by atoms with Crippen LogP contribution in [0.5, 0.6) is 0 Å².